The lowest BCUT2D eigenvalue weighted by atomic mass is 9.47. The third-order valence-corrected chi connectivity index (χ3v) is 7.43. The maximum atomic E-state index is 13.0. The summed E-state index contributed by atoms with van der Waals surface area (Å²) in [5, 5.41) is 0. The minimum absolute atomic E-state index is 0.0181. The van der Waals surface area contributed by atoms with Crippen LogP contribution in [0.4, 0.5) is 0 Å². The van der Waals surface area contributed by atoms with Gasteiger partial charge in [-0.1, -0.05) is 32.8 Å². The molecular weight excluding hydrogens is 352 g/mol. The van der Waals surface area contributed by atoms with Crippen LogP contribution in [0, 0.1) is 23.2 Å². The van der Waals surface area contributed by atoms with Crippen molar-refractivity contribution in [2.75, 3.05) is 0 Å². The minimum atomic E-state index is -0.452. The fourth-order valence-corrected chi connectivity index (χ4v) is 6.29. The lowest BCUT2D eigenvalue weighted by molar-refractivity contribution is -0.135. The first-order valence-corrected chi connectivity index (χ1v) is 10.9. The predicted molar refractivity (Wildman–Crippen MR) is 105 cm³/mol. The van der Waals surface area contributed by atoms with E-state index in [9.17, 15) is 9.59 Å². The summed E-state index contributed by atoms with van der Waals surface area (Å²) in [5.74, 6) is 1.96. The van der Waals surface area contributed by atoms with Crippen LogP contribution in [-0.4, -0.2) is 11.9 Å². The van der Waals surface area contributed by atoms with Gasteiger partial charge >= 0.3 is 11.9 Å². The molecule has 6 rings (SSSR count). The molecule has 1 unspecified atom stereocenters. The molecule has 1 saturated carbocycles. The van der Waals surface area contributed by atoms with Crippen molar-refractivity contribution in [3.05, 3.63) is 46.5 Å². The average molecular weight is 380 g/mol. The quantitative estimate of drug-likeness (QED) is 0.635. The van der Waals surface area contributed by atoms with E-state index >= 15 is 0 Å². The van der Waals surface area contributed by atoms with Crippen LogP contribution < -0.4 is 0 Å². The average Bonchev–Trinajstić information content (AvgIpc) is 3.19. The van der Waals surface area contributed by atoms with Gasteiger partial charge in [0.1, 0.15) is 11.5 Å². The molecule has 1 spiro atoms. The Kier molecular flexibility index (Phi) is 4.15. The third-order valence-electron chi connectivity index (χ3n) is 7.43. The third kappa shape index (κ3) is 2.23. The van der Waals surface area contributed by atoms with Gasteiger partial charge in [-0.3, -0.25) is 0 Å². The summed E-state index contributed by atoms with van der Waals surface area (Å²) in [6.07, 6.45) is 14.1. The second kappa shape index (κ2) is 6.47. The van der Waals surface area contributed by atoms with Gasteiger partial charge in [0, 0.05) is 22.6 Å². The monoisotopic (exact) mass is 380 g/mol. The van der Waals surface area contributed by atoms with E-state index in [-0.39, 0.29) is 17.9 Å². The fourth-order valence-electron chi connectivity index (χ4n) is 6.29. The molecule has 0 amide bonds. The van der Waals surface area contributed by atoms with Crippen molar-refractivity contribution in [3.8, 4) is 0 Å². The largest absolute Gasteiger partial charge is 0.427 e. The minimum Gasteiger partial charge on any atom is -0.427 e. The van der Waals surface area contributed by atoms with E-state index in [2.05, 4.69) is 32.1 Å². The van der Waals surface area contributed by atoms with Crippen molar-refractivity contribution in [3.63, 3.8) is 0 Å². The summed E-state index contributed by atoms with van der Waals surface area (Å²) >= 11 is 0. The fraction of sp³-hybridized carbons (Fsp3) is 0.583. The number of esters is 2. The number of allylic oxidation sites excluding steroid dienone is 5. The van der Waals surface area contributed by atoms with Gasteiger partial charge in [0.15, 0.2) is 0 Å². The van der Waals surface area contributed by atoms with Gasteiger partial charge in [-0.05, 0) is 62.5 Å². The van der Waals surface area contributed by atoms with E-state index in [1.54, 1.807) is 0 Å². The van der Waals surface area contributed by atoms with Crippen LogP contribution in [0.3, 0.4) is 0 Å². The van der Waals surface area contributed by atoms with Crippen LogP contribution >= 0.6 is 0 Å². The number of rotatable bonds is 4. The molecule has 4 heteroatoms. The number of hydrogen-bond acceptors (Lipinski definition) is 4. The molecule has 2 heterocycles. The Hall–Kier alpha value is -2.10. The molecule has 2 aliphatic heterocycles. The zero-order chi connectivity index (χ0) is 19.5. The summed E-state index contributed by atoms with van der Waals surface area (Å²) in [6.45, 7) is 4.26. The molecule has 148 valence electrons. The first-order valence-electron chi connectivity index (χ1n) is 10.9. The van der Waals surface area contributed by atoms with Gasteiger partial charge in [0.05, 0.1) is 5.41 Å². The zero-order valence-electron chi connectivity index (χ0n) is 16.8. The maximum absolute atomic E-state index is 13.0. The number of fused-ring (bicyclic) bond motifs is 1. The van der Waals surface area contributed by atoms with E-state index in [0.717, 1.165) is 79.6 Å². The highest BCUT2D eigenvalue weighted by molar-refractivity contribution is 5.99. The molecular formula is C24H28O4. The van der Waals surface area contributed by atoms with E-state index in [1.807, 2.05) is 0 Å². The Labute approximate surface area is 166 Å². The molecule has 28 heavy (non-hydrogen) atoms. The molecule has 0 aromatic rings. The smallest absolute Gasteiger partial charge is 0.340 e. The van der Waals surface area contributed by atoms with Gasteiger partial charge in [0.25, 0.3) is 0 Å². The van der Waals surface area contributed by atoms with Crippen LogP contribution in [0.25, 0.3) is 0 Å². The molecule has 4 atom stereocenters. The van der Waals surface area contributed by atoms with Gasteiger partial charge < -0.3 is 9.47 Å². The first-order chi connectivity index (χ1) is 13.6. The number of ether oxygens (including phenoxy) is 2. The normalized spacial score (nSPS) is 38.4. The molecule has 2 fully saturated rings. The highest BCUT2D eigenvalue weighted by atomic mass is 16.5. The standard InChI is InChI=1S/C24H28O4/c1-3-5-7-18-16-10-9-15-14-11-12-24(21(15)20(16)23(26)27-18)17(13-14)22(25)28-19(24)8-6-4-2/h7-8,13-15,21H,3-6,9-12H2,1-2H3/t14-,15+,21?,24+/m1/s1. The predicted octanol–water partition coefficient (Wildman–Crippen LogP) is 5.13. The van der Waals surface area contributed by atoms with E-state index in [4.69, 9.17) is 9.47 Å². The molecule has 0 N–H and O–H groups in total. The molecule has 2 bridgehead atoms. The Balaban J connectivity index is 1.68. The Bertz CT molecular complexity index is 871. The van der Waals surface area contributed by atoms with Crippen molar-refractivity contribution in [1.82, 2.24) is 0 Å². The Morgan fingerprint density at radius 2 is 1.86 bits per heavy atom. The number of unbranched alkanes of at least 4 members (excludes halogenated alkanes) is 2. The van der Waals surface area contributed by atoms with E-state index in [0.29, 0.717) is 11.8 Å². The van der Waals surface area contributed by atoms with Crippen molar-refractivity contribution in [2.45, 2.75) is 65.2 Å². The van der Waals surface area contributed by atoms with Gasteiger partial charge in [0.2, 0.25) is 0 Å². The summed E-state index contributed by atoms with van der Waals surface area (Å²) in [6, 6.07) is 0. The van der Waals surface area contributed by atoms with Crippen molar-refractivity contribution < 1.29 is 19.1 Å². The molecule has 4 nitrogen and oxygen atoms in total. The number of carbonyl (C=O) groups is 2. The van der Waals surface area contributed by atoms with E-state index < -0.39 is 5.41 Å². The van der Waals surface area contributed by atoms with Gasteiger partial charge in [-0.25, -0.2) is 9.59 Å². The highest BCUT2D eigenvalue weighted by Gasteiger charge is 2.66. The second-order valence-corrected chi connectivity index (χ2v) is 8.82. The topological polar surface area (TPSA) is 52.6 Å². The first kappa shape index (κ1) is 18.0. The summed E-state index contributed by atoms with van der Waals surface area (Å²) in [5.41, 5.74) is 2.29. The molecule has 0 radical (unpaired) electrons. The van der Waals surface area contributed by atoms with Crippen molar-refractivity contribution in [1.29, 1.82) is 0 Å². The molecule has 0 aromatic heterocycles. The summed E-state index contributed by atoms with van der Waals surface area (Å²) in [7, 11) is 0. The maximum Gasteiger partial charge on any atom is 0.340 e. The number of carbonyl (C=O) groups excluding carboxylic acids is 2. The highest BCUT2D eigenvalue weighted by Crippen LogP contribution is 2.68. The van der Waals surface area contributed by atoms with Gasteiger partial charge in [-0.15, -0.1) is 0 Å². The van der Waals surface area contributed by atoms with Crippen LogP contribution in [0.2, 0.25) is 0 Å². The van der Waals surface area contributed by atoms with Crippen LogP contribution in [0.5, 0.6) is 0 Å². The molecule has 4 aliphatic carbocycles. The van der Waals surface area contributed by atoms with Crippen molar-refractivity contribution in [2.24, 2.45) is 23.2 Å². The van der Waals surface area contributed by atoms with Crippen LogP contribution in [0.1, 0.15) is 65.2 Å². The van der Waals surface area contributed by atoms with Crippen molar-refractivity contribution >= 4 is 11.9 Å². The second-order valence-electron chi connectivity index (χ2n) is 8.82. The van der Waals surface area contributed by atoms with E-state index in [1.165, 1.54) is 0 Å². The molecule has 0 aromatic carbocycles. The molecule has 6 aliphatic rings. The number of hydrogen-bond donors (Lipinski definition) is 0. The molecule has 1 saturated heterocycles. The van der Waals surface area contributed by atoms with Gasteiger partial charge in [-0.2, -0.15) is 0 Å². The lowest BCUT2D eigenvalue weighted by Gasteiger charge is -2.54. The zero-order valence-corrected chi connectivity index (χ0v) is 16.8. The van der Waals surface area contributed by atoms with Crippen LogP contribution in [0.15, 0.2) is 46.5 Å². The summed E-state index contributed by atoms with van der Waals surface area (Å²) < 4.78 is 11.6. The summed E-state index contributed by atoms with van der Waals surface area (Å²) in [4.78, 5) is 25.8. The Morgan fingerprint density at radius 3 is 2.64 bits per heavy atom. The SMILES string of the molecule is CCCC=C1OC(=O)C2=C1CC[C@@H]1C2[C@@]23CC[C@@H]1C=C2C(=O)OC3=CCCC. The van der Waals surface area contributed by atoms with Crippen LogP contribution in [-0.2, 0) is 19.1 Å². The lowest BCUT2D eigenvalue weighted by Crippen LogP contribution is -2.50. The Morgan fingerprint density at radius 1 is 1.07 bits per heavy atom. The number of cyclic esters (lactones) is 2.